The van der Waals surface area contributed by atoms with Gasteiger partial charge >= 0.3 is 5.97 Å². The maximum atomic E-state index is 12.7. The van der Waals surface area contributed by atoms with Gasteiger partial charge in [0, 0.05) is 26.6 Å². The molecule has 0 saturated carbocycles. The van der Waals surface area contributed by atoms with Crippen molar-refractivity contribution in [2.75, 3.05) is 19.6 Å². The van der Waals surface area contributed by atoms with Gasteiger partial charge in [0.25, 0.3) is 0 Å². The largest absolute Gasteiger partial charge is 0.481 e. The summed E-state index contributed by atoms with van der Waals surface area (Å²) in [6, 6.07) is 7.66. The summed E-state index contributed by atoms with van der Waals surface area (Å²) in [5.74, 6) is -1.44. The van der Waals surface area contributed by atoms with Crippen LogP contribution in [-0.4, -0.2) is 52.3 Å². The molecule has 0 aromatic heterocycles. The minimum absolute atomic E-state index is 0. The third kappa shape index (κ3) is 3.95. The van der Waals surface area contributed by atoms with Gasteiger partial charge in [-0.15, -0.1) is 12.4 Å². The third-order valence-electron chi connectivity index (χ3n) is 5.07. The second kappa shape index (κ2) is 7.87. The second-order valence-corrected chi connectivity index (χ2v) is 6.54. The van der Waals surface area contributed by atoms with E-state index in [-0.39, 0.29) is 43.2 Å². The zero-order valence-corrected chi connectivity index (χ0v) is 15.0. The maximum Gasteiger partial charge on any atom is 0.308 e. The lowest BCUT2D eigenvalue weighted by Crippen LogP contribution is -2.41. The molecule has 6 nitrogen and oxygen atoms in total. The van der Waals surface area contributed by atoms with E-state index in [0.717, 1.165) is 12.0 Å². The normalized spacial score (nSPS) is 22.1. The van der Waals surface area contributed by atoms with Gasteiger partial charge in [-0.1, -0.05) is 24.3 Å². The van der Waals surface area contributed by atoms with Crippen LogP contribution >= 0.6 is 12.4 Å². The topological polar surface area (TPSA) is 77.9 Å². The average Bonchev–Trinajstić information content (AvgIpc) is 3.05. The molecule has 2 aliphatic rings. The Kier molecular flexibility index (Phi) is 6.06. The summed E-state index contributed by atoms with van der Waals surface area (Å²) >= 11 is 0. The van der Waals surface area contributed by atoms with Gasteiger partial charge in [0.1, 0.15) is 0 Å². The molecule has 0 spiro atoms. The smallest absolute Gasteiger partial charge is 0.308 e. The number of carbonyl (C=O) groups is 3. The fraction of sp³-hybridized carbons (Fsp3) is 0.500. The maximum absolute atomic E-state index is 12.7. The van der Waals surface area contributed by atoms with E-state index in [0.29, 0.717) is 19.5 Å². The van der Waals surface area contributed by atoms with E-state index in [1.54, 1.807) is 9.80 Å². The molecule has 1 fully saturated rings. The molecule has 3 rings (SSSR count). The number of benzene rings is 1. The molecule has 2 atom stereocenters. The number of carbonyl (C=O) groups excluding carboxylic acids is 2. The van der Waals surface area contributed by atoms with Crippen molar-refractivity contribution in [2.45, 2.75) is 32.2 Å². The molecule has 1 aromatic rings. The van der Waals surface area contributed by atoms with E-state index >= 15 is 0 Å². The van der Waals surface area contributed by atoms with Crippen LogP contribution in [-0.2, 0) is 20.8 Å². The molecule has 2 heterocycles. The zero-order valence-electron chi connectivity index (χ0n) is 14.2. The van der Waals surface area contributed by atoms with Gasteiger partial charge in [-0.05, 0) is 24.0 Å². The molecule has 2 aliphatic heterocycles. The molecule has 25 heavy (non-hydrogen) atoms. The molecule has 0 aliphatic carbocycles. The van der Waals surface area contributed by atoms with Crippen molar-refractivity contribution in [3.63, 3.8) is 0 Å². The van der Waals surface area contributed by atoms with Gasteiger partial charge in [-0.2, -0.15) is 0 Å². The van der Waals surface area contributed by atoms with Crippen molar-refractivity contribution in [1.29, 1.82) is 0 Å². The molecule has 2 amide bonds. The number of halogens is 1. The number of amides is 2. The summed E-state index contributed by atoms with van der Waals surface area (Å²) in [5.41, 5.74) is 2.21. The molecule has 136 valence electrons. The first kappa shape index (κ1) is 19.2. The summed E-state index contributed by atoms with van der Waals surface area (Å²) in [4.78, 5) is 39.1. The molecule has 1 saturated heterocycles. The van der Waals surface area contributed by atoms with Crippen molar-refractivity contribution in [2.24, 2.45) is 5.92 Å². The number of carboxylic acid groups (broad SMARTS) is 1. The Bertz CT molecular complexity index is 679. The zero-order chi connectivity index (χ0) is 17.3. The molecule has 1 N–H and O–H groups in total. The van der Waals surface area contributed by atoms with Crippen LogP contribution in [0, 0.1) is 5.92 Å². The van der Waals surface area contributed by atoms with Gasteiger partial charge in [-0.3, -0.25) is 14.4 Å². The quantitative estimate of drug-likeness (QED) is 0.885. The third-order valence-corrected chi connectivity index (χ3v) is 5.07. The Morgan fingerprint density at radius 3 is 2.56 bits per heavy atom. The Hall–Kier alpha value is -2.08. The number of fused-ring (bicyclic) bond motifs is 1. The van der Waals surface area contributed by atoms with E-state index in [1.807, 2.05) is 24.3 Å². The fourth-order valence-electron chi connectivity index (χ4n) is 3.73. The van der Waals surface area contributed by atoms with Crippen molar-refractivity contribution in [3.05, 3.63) is 35.4 Å². The number of rotatable bonds is 3. The van der Waals surface area contributed by atoms with Crippen LogP contribution in [0.5, 0.6) is 0 Å². The monoisotopic (exact) mass is 366 g/mol. The Morgan fingerprint density at radius 1 is 1.20 bits per heavy atom. The SMILES string of the molecule is CC(=O)N1CCc2ccccc2C1CC(=O)N1CCC(C(=O)O)C1.Cl. The number of carboxylic acids is 1. The lowest BCUT2D eigenvalue weighted by Gasteiger charge is -2.37. The van der Waals surface area contributed by atoms with Crippen molar-refractivity contribution < 1.29 is 19.5 Å². The summed E-state index contributed by atoms with van der Waals surface area (Å²) in [6.07, 6.45) is 1.51. The Labute approximate surface area is 153 Å². The number of nitrogens with zero attached hydrogens (tertiary/aromatic N) is 2. The standard InChI is InChI=1S/C18H22N2O4.ClH/c1-12(21)20-9-7-13-4-2-3-5-15(13)16(20)10-17(22)19-8-6-14(11-19)18(23)24;/h2-5,14,16H,6-11H2,1H3,(H,23,24);1H. The highest BCUT2D eigenvalue weighted by Crippen LogP contribution is 2.33. The molecule has 2 unspecified atom stereocenters. The van der Waals surface area contributed by atoms with Crippen molar-refractivity contribution in [3.8, 4) is 0 Å². The van der Waals surface area contributed by atoms with E-state index in [4.69, 9.17) is 5.11 Å². The molecular weight excluding hydrogens is 344 g/mol. The number of hydrogen-bond acceptors (Lipinski definition) is 3. The molecule has 0 radical (unpaired) electrons. The number of aliphatic carboxylic acids is 1. The van der Waals surface area contributed by atoms with Crippen LogP contribution < -0.4 is 0 Å². The van der Waals surface area contributed by atoms with Gasteiger partial charge in [-0.25, -0.2) is 0 Å². The molecule has 0 bridgehead atoms. The highest BCUT2D eigenvalue weighted by Gasteiger charge is 2.35. The fourth-order valence-corrected chi connectivity index (χ4v) is 3.73. The van der Waals surface area contributed by atoms with Crippen LogP contribution in [0.4, 0.5) is 0 Å². The molecular formula is C18H23ClN2O4. The van der Waals surface area contributed by atoms with Crippen molar-refractivity contribution >= 4 is 30.2 Å². The Morgan fingerprint density at radius 2 is 1.92 bits per heavy atom. The summed E-state index contributed by atoms with van der Waals surface area (Å²) in [6.45, 7) is 2.89. The van der Waals surface area contributed by atoms with Crippen LogP contribution in [0.2, 0.25) is 0 Å². The van der Waals surface area contributed by atoms with E-state index in [1.165, 1.54) is 12.5 Å². The van der Waals surface area contributed by atoms with E-state index in [2.05, 4.69) is 0 Å². The summed E-state index contributed by atoms with van der Waals surface area (Å²) in [5, 5.41) is 9.09. The van der Waals surface area contributed by atoms with Gasteiger partial charge < -0.3 is 14.9 Å². The van der Waals surface area contributed by atoms with Crippen LogP contribution in [0.1, 0.15) is 36.9 Å². The molecule has 7 heteroatoms. The number of hydrogen-bond donors (Lipinski definition) is 1. The second-order valence-electron chi connectivity index (χ2n) is 6.54. The molecule has 1 aromatic carbocycles. The van der Waals surface area contributed by atoms with Gasteiger partial charge in [0.2, 0.25) is 11.8 Å². The van der Waals surface area contributed by atoms with Crippen LogP contribution in [0.15, 0.2) is 24.3 Å². The Balaban J connectivity index is 0.00000225. The van der Waals surface area contributed by atoms with E-state index in [9.17, 15) is 14.4 Å². The van der Waals surface area contributed by atoms with Gasteiger partial charge in [0.05, 0.1) is 18.4 Å². The minimum atomic E-state index is -0.848. The van der Waals surface area contributed by atoms with Crippen LogP contribution in [0.25, 0.3) is 0 Å². The first-order valence-corrected chi connectivity index (χ1v) is 8.33. The minimum Gasteiger partial charge on any atom is -0.481 e. The highest BCUT2D eigenvalue weighted by molar-refractivity contribution is 5.85. The van der Waals surface area contributed by atoms with Crippen LogP contribution in [0.3, 0.4) is 0 Å². The summed E-state index contributed by atoms with van der Waals surface area (Å²) in [7, 11) is 0. The van der Waals surface area contributed by atoms with Gasteiger partial charge in [0.15, 0.2) is 0 Å². The average molecular weight is 367 g/mol. The first-order chi connectivity index (χ1) is 11.5. The predicted octanol–water partition coefficient (Wildman–Crippen LogP) is 1.88. The lowest BCUT2D eigenvalue weighted by molar-refractivity contribution is -0.141. The van der Waals surface area contributed by atoms with Crippen molar-refractivity contribution in [1.82, 2.24) is 9.80 Å². The summed E-state index contributed by atoms with van der Waals surface area (Å²) < 4.78 is 0. The highest BCUT2D eigenvalue weighted by atomic mass is 35.5. The van der Waals surface area contributed by atoms with E-state index < -0.39 is 11.9 Å². The predicted molar refractivity (Wildman–Crippen MR) is 94.5 cm³/mol. The number of likely N-dealkylation sites (tertiary alicyclic amines) is 1. The first-order valence-electron chi connectivity index (χ1n) is 8.33. The lowest BCUT2D eigenvalue weighted by atomic mass is 9.90.